The van der Waals surface area contributed by atoms with E-state index in [0.717, 1.165) is 11.1 Å². The van der Waals surface area contributed by atoms with Crippen molar-refractivity contribution >= 4 is 22.8 Å². The molecule has 0 atom stereocenters. The fraction of sp³-hybridized carbons (Fsp3) is 0.308. The Kier molecular flexibility index (Phi) is 4.13. The molecule has 86 valence electrons. The van der Waals surface area contributed by atoms with Crippen molar-refractivity contribution in [2.45, 2.75) is 13.8 Å². The first-order valence-electron chi connectivity index (χ1n) is 5.11. The molecule has 0 N–H and O–H groups in total. The monoisotopic (exact) mass is 236 g/mol. The van der Waals surface area contributed by atoms with Crippen molar-refractivity contribution < 1.29 is 0 Å². The fourth-order valence-electron chi connectivity index (χ4n) is 1.42. The number of rotatable bonds is 3. The van der Waals surface area contributed by atoms with Gasteiger partial charge in [-0.1, -0.05) is 30.3 Å². The summed E-state index contributed by atoms with van der Waals surface area (Å²) in [6.07, 6.45) is 1.80. The van der Waals surface area contributed by atoms with Crippen LogP contribution in [-0.4, -0.2) is 24.3 Å². The molecule has 0 heterocycles. The van der Waals surface area contributed by atoms with Crippen molar-refractivity contribution in [1.82, 2.24) is 5.01 Å². The van der Waals surface area contributed by atoms with E-state index in [4.69, 9.17) is 11.6 Å². The normalized spacial score (nSPS) is 11.4. The number of aryl methyl sites for hydroxylation is 2. The fourth-order valence-corrected chi connectivity index (χ4v) is 1.73. The van der Waals surface area contributed by atoms with Crippen LogP contribution in [0.15, 0.2) is 23.8 Å². The third-order valence-electron chi connectivity index (χ3n) is 2.40. The molecule has 3 heteroatoms. The first-order valence-corrected chi connectivity index (χ1v) is 5.49. The Morgan fingerprint density at radius 2 is 1.88 bits per heavy atom. The van der Waals surface area contributed by atoms with Gasteiger partial charge in [0.1, 0.15) is 0 Å². The van der Waals surface area contributed by atoms with Crippen LogP contribution >= 0.6 is 11.6 Å². The van der Waals surface area contributed by atoms with Crippen molar-refractivity contribution in [2.75, 3.05) is 14.1 Å². The van der Waals surface area contributed by atoms with Crippen LogP contribution in [0.2, 0.25) is 0 Å². The van der Waals surface area contributed by atoms with Crippen molar-refractivity contribution in [3.05, 3.63) is 41.0 Å². The molecule has 2 nitrogen and oxygen atoms in total. The maximum atomic E-state index is 6.17. The molecule has 0 unspecified atom stereocenters. The first-order chi connectivity index (χ1) is 7.45. The summed E-state index contributed by atoms with van der Waals surface area (Å²) in [6.45, 7) is 7.93. The summed E-state index contributed by atoms with van der Waals surface area (Å²) >= 11 is 6.17. The average Bonchev–Trinajstić information content (AvgIpc) is 2.20. The van der Waals surface area contributed by atoms with Gasteiger partial charge in [0.15, 0.2) is 5.17 Å². The number of nitrogens with zero attached hydrogens (tertiary/aromatic N) is 2. The Hall–Kier alpha value is -1.28. The van der Waals surface area contributed by atoms with Crippen molar-refractivity contribution in [2.24, 2.45) is 5.10 Å². The molecule has 0 bridgehead atoms. The highest BCUT2D eigenvalue weighted by atomic mass is 35.5. The van der Waals surface area contributed by atoms with Crippen LogP contribution in [0, 0.1) is 13.8 Å². The van der Waals surface area contributed by atoms with Gasteiger partial charge in [0.05, 0.1) is 0 Å². The van der Waals surface area contributed by atoms with Gasteiger partial charge in [-0.15, -0.1) is 0 Å². The molecule has 1 aromatic rings. The third kappa shape index (κ3) is 2.86. The number of hydrazone groups is 1. The van der Waals surface area contributed by atoms with Crippen LogP contribution in [-0.2, 0) is 0 Å². The molecule has 0 aliphatic carbocycles. The second-order valence-corrected chi connectivity index (χ2v) is 4.32. The number of halogens is 1. The van der Waals surface area contributed by atoms with Gasteiger partial charge in [0.2, 0.25) is 0 Å². The van der Waals surface area contributed by atoms with E-state index in [9.17, 15) is 0 Å². The van der Waals surface area contributed by atoms with Crippen molar-refractivity contribution in [3.8, 4) is 0 Å². The average molecular weight is 237 g/mol. The van der Waals surface area contributed by atoms with E-state index in [1.807, 2.05) is 20.2 Å². The van der Waals surface area contributed by atoms with E-state index in [2.05, 4.69) is 31.6 Å². The first kappa shape index (κ1) is 12.8. The molecule has 1 rings (SSSR count). The van der Waals surface area contributed by atoms with E-state index in [1.54, 1.807) is 11.1 Å². The third-order valence-corrected chi connectivity index (χ3v) is 2.68. The van der Waals surface area contributed by atoms with E-state index in [1.165, 1.54) is 11.1 Å². The highest BCUT2D eigenvalue weighted by Gasteiger charge is 2.08. The lowest BCUT2D eigenvalue weighted by Gasteiger charge is -2.11. The zero-order chi connectivity index (χ0) is 12.3. The Balaban J connectivity index is 3.32. The molecule has 0 aromatic heterocycles. The molecular formula is C13H17ClN2. The van der Waals surface area contributed by atoms with Gasteiger partial charge in [-0.05, 0) is 36.6 Å². The summed E-state index contributed by atoms with van der Waals surface area (Å²) in [4.78, 5) is 0. The van der Waals surface area contributed by atoms with Gasteiger partial charge >= 0.3 is 0 Å². The van der Waals surface area contributed by atoms with Gasteiger partial charge in [0, 0.05) is 19.7 Å². The quantitative estimate of drug-likeness (QED) is 0.580. The maximum absolute atomic E-state index is 6.17. The molecule has 0 spiro atoms. The van der Waals surface area contributed by atoms with E-state index >= 15 is 0 Å². The molecule has 0 aliphatic heterocycles. The van der Waals surface area contributed by atoms with Gasteiger partial charge in [-0.3, -0.25) is 0 Å². The molecule has 0 saturated heterocycles. The largest absolute Gasteiger partial charge is 0.302 e. The highest BCUT2D eigenvalue weighted by molar-refractivity contribution is 6.69. The lowest BCUT2D eigenvalue weighted by molar-refractivity contribution is 0.439. The molecule has 16 heavy (non-hydrogen) atoms. The second-order valence-electron chi connectivity index (χ2n) is 3.97. The Bertz CT molecular complexity index is 434. The SMILES string of the molecule is C=Cc1cc(C)c(C)cc1/C(Cl)=N\N(C)C. The van der Waals surface area contributed by atoms with Crippen LogP contribution in [0.5, 0.6) is 0 Å². The zero-order valence-corrected chi connectivity index (χ0v) is 11.0. The van der Waals surface area contributed by atoms with Crippen LogP contribution in [0.4, 0.5) is 0 Å². The van der Waals surface area contributed by atoms with Crippen LogP contribution in [0.1, 0.15) is 22.3 Å². The molecule has 1 aromatic carbocycles. The predicted molar refractivity (Wildman–Crippen MR) is 72.1 cm³/mol. The minimum atomic E-state index is 0.489. The van der Waals surface area contributed by atoms with Crippen molar-refractivity contribution in [3.63, 3.8) is 0 Å². The summed E-state index contributed by atoms with van der Waals surface area (Å²) in [6, 6.07) is 4.12. The molecule has 0 aliphatic rings. The minimum absolute atomic E-state index is 0.489. The smallest absolute Gasteiger partial charge is 0.156 e. The molecule has 0 amide bonds. The number of benzene rings is 1. The van der Waals surface area contributed by atoms with Crippen LogP contribution in [0.25, 0.3) is 6.08 Å². The van der Waals surface area contributed by atoms with Crippen LogP contribution in [0.3, 0.4) is 0 Å². The van der Waals surface area contributed by atoms with Gasteiger partial charge in [0.25, 0.3) is 0 Å². The summed E-state index contributed by atoms with van der Waals surface area (Å²) in [5, 5.41) is 6.37. The zero-order valence-electron chi connectivity index (χ0n) is 10.2. The van der Waals surface area contributed by atoms with Gasteiger partial charge in [-0.2, -0.15) is 5.10 Å². The summed E-state index contributed by atoms with van der Waals surface area (Å²) in [7, 11) is 3.69. The van der Waals surface area contributed by atoms with E-state index in [-0.39, 0.29) is 0 Å². The Morgan fingerprint density at radius 1 is 1.31 bits per heavy atom. The molecule has 0 saturated carbocycles. The van der Waals surface area contributed by atoms with Crippen molar-refractivity contribution in [1.29, 1.82) is 0 Å². The molecule has 0 radical (unpaired) electrons. The van der Waals surface area contributed by atoms with E-state index < -0.39 is 0 Å². The van der Waals surface area contributed by atoms with Gasteiger partial charge in [-0.25, -0.2) is 0 Å². The standard InChI is InChI=1S/C13H17ClN2/c1-6-11-7-9(2)10(3)8-12(11)13(14)15-16(4)5/h6-8H,1H2,2-5H3/b15-13+. The van der Waals surface area contributed by atoms with E-state index in [0.29, 0.717) is 5.17 Å². The lowest BCUT2D eigenvalue weighted by Crippen LogP contribution is -2.07. The maximum Gasteiger partial charge on any atom is 0.156 e. The molecule has 0 fully saturated rings. The summed E-state index contributed by atoms with van der Waals surface area (Å²) in [5.41, 5.74) is 4.37. The van der Waals surface area contributed by atoms with Crippen LogP contribution < -0.4 is 0 Å². The number of hydrogen-bond donors (Lipinski definition) is 0. The number of hydrogen-bond acceptors (Lipinski definition) is 2. The minimum Gasteiger partial charge on any atom is -0.302 e. The Labute approximate surface area is 102 Å². The second kappa shape index (κ2) is 5.17. The summed E-state index contributed by atoms with van der Waals surface area (Å²) in [5.74, 6) is 0. The Morgan fingerprint density at radius 3 is 2.38 bits per heavy atom. The highest BCUT2D eigenvalue weighted by Crippen LogP contribution is 2.19. The lowest BCUT2D eigenvalue weighted by atomic mass is 10.0. The van der Waals surface area contributed by atoms with Gasteiger partial charge < -0.3 is 5.01 Å². The predicted octanol–water partition coefficient (Wildman–Crippen LogP) is 3.41. The topological polar surface area (TPSA) is 15.6 Å². The molecular weight excluding hydrogens is 220 g/mol. The summed E-state index contributed by atoms with van der Waals surface area (Å²) < 4.78 is 0.